The van der Waals surface area contributed by atoms with Gasteiger partial charge in [0.05, 0.1) is 52.4 Å². The lowest BCUT2D eigenvalue weighted by Crippen LogP contribution is -3.00. The molecule has 4 aromatic carbocycles. The highest BCUT2D eigenvalue weighted by molar-refractivity contribution is 7.11. The predicted molar refractivity (Wildman–Crippen MR) is 248 cm³/mol. The molecule has 6 fully saturated rings. The third kappa shape index (κ3) is 9.79. The van der Waals surface area contributed by atoms with Gasteiger partial charge in [-0.05, 0) is 82.6 Å². The third-order valence-electron chi connectivity index (χ3n) is 15.5. The number of hydrogen-bond donors (Lipinski definition) is 2. The first kappa shape index (κ1) is 49.4. The van der Waals surface area contributed by atoms with Gasteiger partial charge in [0.15, 0.2) is 0 Å². The summed E-state index contributed by atoms with van der Waals surface area (Å²) in [6, 6.07) is 40.8. The number of nitrogens with zero attached hydrogens (tertiary/aromatic N) is 2. The molecule has 4 bridgehead atoms. The van der Waals surface area contributed by atoms with Gasteiger partial charge >= 0.3 is 0 Å². The summed E-state index contributed by atoms with van der Waals surface area (Å²) in [6.07, 6.45) is 6.64. The minimum atomic E-state index is -1.44. The van der Waals surface area contributed by atoms with Crippen LogP contribution in [0.3, 0.4) is 0 Å². The Labute approximate surface area is 412 Å². The van der Waals surface area contributed by atoms with Gasteiger partial charge in [-0.1, -0.05) is 72.8 Å². The largest absolute Gasteiger partial charge is 1.00 e. The van der Waals surface area contributed by atoms with Crippen molar-refractivity contribution in [3.8, 4) is 11.5 Å². The Bertz CT molecular complexity index is 2280. The first-order valence-corrected chi connectivity index (χ1v) is 24.5. The SMILES string of the molecule is OC(c1cccc(F)c1)(c1cccc(F)c1)C12CC[N+](CCCOc3ccccc3)(CC1)CC2.OC(c1cccs1)(c1cccs1)C12CC[N+](CCOc3ccccc3)(CC1)CC2.[Br-].[Br-]. The first-order chi connectivity index (χ1) is 30.6. The molecule has 346 valence electrons. The fourth-order valence-corrected chi connectivity index (χ4v) is 13.7. The van der Waals surface area contributed by atoms with Crippen molar-refractivity contribution >= 4 is 22.7 Å². The monoisotopic (exact) mass is 1050 g/mol. The van der Waals surface area contributed by atoms with Crippen LogP contribution >= 0.6 is 22.7 Å². The number of thiophene rings is 2. The van der Waals surface area contributed by atoms with Crippen molar-refractivity contribution < 1.29 is 71.4 Å². The van der Waals surface area contributed by atoms with E-state index in [4.69, 9.17) is 9.47 Å². The maximum Gasteiger partial charge on any atom is 0.139 e. The highest BCUT2D eigenvalue weighted by Gasteiger charge is 2.62. The van der Waals surface area contributed by atoms with Crippen LogP contribution in [0.4, 0.5) is 8.78 Å². The molecule has 6 nitrogen and oxygen atoms in total. The number of hydrogen-bond acceptors (Lipinski definition) is 6. The van der Waals surface area contributed by atoms with Crippen molar-refractivity contribution in [1.82, 2.24) is 0 Å². The second kappa shape index (κ2) is 20.8. The standard InChI is InChI=1S/C29H32F2NO2.C24H28NO2S2.2BrH/c30-25-9-4-7-23(21-25)29(33,24-8-5-10-26(31)22-24)28-13-17-32(18-14-28,19-15-28)16-6-20-34-27-11-2-1-3-12-27;26-24(21-8-4-18-28-21,22-9-5-19-29-22)23-10-13-25(14-11-23,15-12-23)16-17-27-20-6-2-1-3-7-20;;/h1-5,7-12,21-22,33H,6,13-20H2;1-9,18-19,26H,10-17H2;2*1H/q2*+1;;/p-2. The van der Waals surface area contributed by atoms with Crippen molar-refractivity contribution in [2.45, 2.75) is 56.1 Å². The van der Waals surface area contributed by atoms with Gasteiger partial charge in [0.1, 0.15) is 47.5 Å². The number of halogens is 4. The molecule has 0 atom stereocenters. The van der Waals surface area contributed by atoms with Crippen LogP contribution < -0.4 is 43.4 Å². The Morgan fingerprint density at radius 2 is 0.908 bits per heavy atom. The number of para-hydroxylation sites is 2. The van der Waals surface area contributed by atoms with Crippen LogP contribution in [0, 0.1) is 22.5 Å². The minimum Gasteiger partial charge on any atom is -1.00 e. The molecule has 0 radical (unpaired) electrons. The van der Waals surface area contributed by atoms with Gasteiger partial charge in [-0.15, -0.1) is 22.7 Å². The molecule has 0 unspecified atom stereocenters. The maximum absolute atomic E-state index is 14.3. The molecular weight excluding hydrogens is 991 g/mol. The summed E-state index contributed by atoms with van der Waals surface area (Å²) in [5.41, 5.74) is -1.78. The summed E-state index contributed by atoms with van der Waals surface area (Å²) in [6.45, 7) is 9.83. The molecule has 2 N–H and O–H groups in total. The Balaban J connectivity index is 0.000000190. The molecule has 0 amide bonds. The van der Waals surface area contributed by atoms with Crippen LogP contribution in [-0.2, 0) is 11.2 Å². The molecule has 12 heteroatoms. The zero-order chi connectivity index (χ0) is 43.4. The number of aliphatic hydroxyl groups is 2. The van der Waals surface area contributed by atoms with E-state index in [0.717, 1.165) is 134 Å². The number of benzene rings is 4. The Hall–Kier alpha value is -3.46. The van der Waals surface area contributed by atoms with E-state index < -0.39 is 16.6 Å². The normalized spacial score (nSPS) is 24.5. The van der Waals surface area contributed by atoms with Gasteiger partial charge in [-0.3, -0.25) is 0 Å². The van der Waals surface area contributed by atoms with Crippen LogP contribution in [0.5, 0.6) is 11.5 Å². The van der Waals surface area contributed by atoms with Crippen LogP contribution in [0.2, 0.25) is 0 Å². The molecule has 6 aromatic rings. The number of fused-ring (bicyclic) bond motifs is 6. The molecule has 0 spiro atoms. The molecule has 8 heterocycles. The lowest BCUT2D eigenvalue weighted by atomic mass is 9.56. The minimum absolute atomic E-state index is 0. The van der Waals surface area contributed by atoms with Gasteiger partial charge in [-0.2, -0.15) is 0 Å². The lowest BCUT2D eigenvalue weighted by Gasteiger charge is -2.60. The van der Waals surface area contributed by atoms with Crippen molar-refractivity contribution in [2.24, 2.45) is 10.8 Å². The van der Waals surface area contributed by atoms with Crippen molar-refractivity contribution in [2.75, 3.05) is 65.6 Å². The van der Waals surface area contributed by atoms with E-state index in [2.05, 4.69) is 35.0 Å². The van der Waals surface area contributed by atoms with Crippen LogP contribution in [0.1, 0.15) is 65.8 Å². The molecule has 65 heavy (non-hydrogen) atoms. The zero-order valence-electron chi connectivity index (χ0n) is 36.8. The highest BCUT2D eigenvalue weighted by Crippen LogP contribution is 2.60. The van der Waals surface area contributed by atoms with Crippen molar-refractivity contribution in [3.63, 3.8) is 0 Å². The van der Waals surface area contributed by atoms with E-state index in [1.54, 1.807) is 46.9 Å². The van der Waals surface area contributed by atoms with Crippen molar-refractivity contribution in [1.29, 1.82) is 0 Å². The maximum atomic E-state index is 14.3. The van der Waals surface area contributed by atoms with Gasteiger partial charge in [0, 0.05) is 65.5 Å². The third-order valence-corrected chi connectivity index (χ3v) is 17.5. The van der Waals surface area contributed by atoms with Gasteiger partial charge in [0.2, 0.25) is 0 Å². The summed E-state index contributed by atoms with van der Waals surface area (Å²) < 4.78 is 42.6. The molecular formula is C53H60Br2F2N2O4S2. The molecule has 0 saturated carbocycles. The second-order valence-electron chi connectivity index (χ2n) is 18.6. The number of rotatable bonds is 15. The Morgan fingerprint density at radius 1 is 0.492 bits per heavy atom. The predicted octanol–water partition coefficient (Wildman–Crippen LogP) is 4.80. The molecule has 2 aromatic heterocycles. The summed E-state index contributed by atoms with van der Waals surface area (Å²) in [7, 11) is 0. The summed E-state index contributed by atoms with van der Waals surface area (Å²) >= 11 is 3.39. The highest BCUT2D eigenvalue weighted by atomic mass is 79.9. The van der Waals surface area contributed by atoms with E-state index in [1.165, 1.54) is 24.3 Å². The number of piperidine rings is 6. The fourth-order valence-electron chi connectivity index (χ4n) is 11.7. The van der Waals surface area contributed by atoms with Gasteiger partial charge < -0.3 is 62.6 Å². The fraction of sp³-hybridized carbons (Fsp3) is 0.396. The van der Waals surface area contributed by atoms with Gasteiger partial charge in [-0.25, -0.2) is 8.78 Å². The molecule has 6 aliphatic heterocycles. The summed E-state index contributed by atoms with van der Waals surface area (Å²) in [4.78, 5) is 2.21. The Kier molecular flexibility index (Phi) is 15.8. The average Bonchev–Trinajstić information content (AvgIpc) is 4.09. The molecule has 6 aliphatic rings. The Morgan fingerprint density at radius 3 is 1.32 bits per heavy atom. The average molecular weight is 1050 g/mol. The zero-order valence-corrected chi connectivity index (χ0v) is 41.6. The van der Waals surface area contributed by atoms with Crippen LogP contribution in [0.25, 0.3) is 0 Å². The summed E-state index contributed by atoms with van der Waals surface area (Å²) in [5.74, 6) is 1.07. The van der Waals surface area contributed by atoms with Crippen LogP contribution in [0.15, 0.2) is 144 Å². The molecule has 12 rings (SSSR count). The van der Waals surface area contributed by atoms with E-state index in [9.17, 15) is 19.0 Å². The van der Waals surface area contributed by atoms with Crippen LogP contribution in [-0.4, -0.2) is 84.8 Å². The molecule has 6 saturated heterocycles. The number of ether oxygens (including phenoxy) is 2. The van der Waals surface area contributed by atoms with E-state index in [-0.39, 0.29) is 51.0 Å². The summed E-state index contributed by atoms with van der Waals surface area (Å²) in [5, 5.41) is 28.8. The smallest absolute Gasteiger partial charge is 0.139 e. The molecule has 0 aliphatic carbocycles. The van der Waals surface area contributed by atoms with Crippen molar-refractivity contribution in [3.05, 3.63) is 177 Å². The lowest BCUT2D eigenvalue weighted by molar-refractivity contribution is -0.946. The topological polar surface area (TPSA) is 58.9 Å². The number of quaternary nitrogens is 2. The first-order valence-electron chi connectivity index (χ1n) is 22.7. The quantitative estimate of drug-likeness (QED) is 0.115. The second-order valence-corrected chi connectivity index (χ2v) is 20.5. The van der Waals surface area contributed by atoms with Gasteiger partial charge in [0.25, 0.3) is 0 Å². The van der Waals surface area contributed by atoms with E-state index in [0.29, 0.717) is 17.7 Å². The van der Waals surface area contributed by atoms with E-state index in [1.807, 2.05) is 60.7 Å². The van der Waals surface area contributed by atoms with E-state index >= 15 is 0 Å².